The summed E-state index contributed by atoms with van der Waals surface area (Å²) in [5, 5.41) is 11.4. The highest BCUT2D eigenvalue weighted by Gasteiger charge is 2.34. The number of nitrogens with zero attached hydrogens (tertiary/aromatic N) is 1. The van der Waals surface area contributed by atoms with E-state index in [9.17, 15) is 14.4 Å². The molecular weight excluding hydrogens is 388 g/mol. The van der Waals surface area contributed by atoms with E-state index >= 15 is 0 Å². The molecule has 0 aliphatic carbocycles. The normalized spacial score (nSPS) is 14.9. The minimum absolute atomic E-state index is 0.0613. The predicted octanol–water partition coefficient (Wildman–Crippen LogP) is 2.91. The molecule has 3 amide bonds. The number of aliphatic carboxylic acids is 1. The van der Waals surface area contributed by atoms with E-state index in [0.717, 1.165) is 4.90 Å². The molecular formula is C19H15ClN2O6. The van der Waals surface area contributed by atoms with Gasteiger partial charge in [0.25, 0.3) is 5.91 Å². The van der Waals surface area contributed by atoms with Gasteiger partial charge in [0.2, 0.25) is 0 Å². The van der Waals surface area contributed by atoms with Crippen LogP contribution in [0.3, 0.4) is 0 Å². The van der Waals surface area contributed by atoms with E-state index in [1.807, 2.05) is 0 Å². The fourth-order valence-corrected chi connectivity index (χ4v) is 2.88. The number of para-hydroxylation sites is 1. The van der Waals surface area contributed by atoms with Gasteiger partial charge in [-0.15, -0.1) is 0 Å². The number of hydrogen-bond acceptors (Lipinski definition) is 5. The fraction of sp³-hybridized carbons (Fsp3) is 0.105. The number of carbonyl (C=O) groups excluding carboxylic acids is 2. The second-order valence-corrected chi connectivity index (χ2v) is 6.09. The average molecular weight is 403 g/mol. The van der Waals surface area contributed by atoms with Crippen LogP contribution in [-0.2, 0) is 9.59 Å². The van der Waals surface area contributed by atoms with Crippen LogP contribution in [0.5, 0.6) is 11.5 Å². The standard InChI is InChI=1S/C19H15ClN2O6/c1-27-15-9-11(7-13(20)17(15)28-10-16(23)24)8-14-18(25)22(19(26)21-14)12-5-3-2-4-6-12/h2-9H,10H2,1H3,(H,21,26)(H,23,24)/b14-8-. The molecule has 1 heterocycles. The van der Waals surface area contributed by atoms with Crippen molar-refractivity contribution in [3.8, 4) is 11.5 Å². The van der Waals surface area contributed by atoms with Crippen molar-refractivity contribution < 1.29 is 29.0 Å². The van der Waals surface area contributed by atoms with Crippen LogP contribution in [0, 0.1) is 0 Å². The van der Waals surface area contributed by atoms with Crippen molar-refractivity contribution in [1.29, 1.82) is 0 Å². The lowest BCUT2D eigenvalue weighted by Crippen LogP contribution is -2.30. The molecule has 0 aromatic heterocycles. The Hall–Kier alpha value is -3.52. The molecule has 28 heavy (non-hydrogen) atoms. The monoisotopic (exact) mass is 402 g/mol. The zero-order valence-corrected chi connectivity index (χ0v) is 15.4. The summed E-state index contributed by atoms with van der Waals surface area (Å²) in [4.78, 5) is 36.5. The van der Waals surface area contributed by atoms with Gasteiger partial charge >= 0.3 is 12.0 Å². The minimum Gasteiger partial charge on any atom is -0.493 e. The Balaban J connectivity index is 1.91. The molecule has 8 nitrogen and oxygen atoms in total. The third-order valence-corrected chi connectivity index (χ3v) is 4.08. The van der Waals surface area contributed by atoms with E-state index in [1.165, 1.54) is 25.3 Å². The number of anilines is 1. The zero-order chi connectivity index (χ0) is 20.3. The van der Waals surface area contributed by atoms with Crippen LogP contribution < -0.4 is 19.7 Å². The van der Waals surface area contributed by atoms with E-state index in [0.29, 0.717) is 11.3 Å². The Morgan fingerprint density at radius 3 is 2.61 bits per heavy atom. The quantitative estimate of drug-likeness (QED) is 0.568. The second kappa shape index (κ2) is 8.01. The largest absolute Gasteiger partial charge is 0.493 e. The zero-order valence-electron chi connectivity index (χ0n) is 14.6. The van der Waals surface area contributed by atoms with E-state index in [2.05, 4.69) is 5.32 Å². The van der Waals surface area contributed by atoms with Gasteiger partial charge in [-0.1, -0.05) is 29.8 Å². The summed E-state index contributed by atoms with van der Waals surface area (Å²) in [5.74, 6) is -1.42. The lowest BCUT2D eigenvalue weighted by molar-refractivity contribution is -0.139. The predicted molar refractivity (Wildman–Crippen MR) is 102 cm³/mol. The third kappa shape index (κ3) is 3.91. The van der Waals surface area contributed by atoms with Gasteiger partial charge in [0.1, 0.15) is 5.70 Å². The van der Waals surface area contributed by atoms with Crippen molar-refractivity contribution in [3.63, 3.8) is 0 Å². The minimum atomic E-state index is -1.16. The van der Waals surface area contributed by atoms with Crippen LogP contribution in [-0.4, -0.2) is 36.7 Å². The highest BCUT2D eigenvalue weighted by atomic mass is 35.5. The molecule has 2 aromatic carbocycles. The number of halogens is 1. The molecule has 0 saturated carbocycles. The van der Waals surface area contributed by atoms with Crippen LogP contribution in [0.4, 0.5) is 10.5 Å². The molecule has 0 spiro atoms. The first-order valence-electron chi connectivity index (χ1n) is 8.05. The summed E-state index contributed by atoms with van der Waals surface area (Å²) >= 11 is 6.16. The van der Waals surface area contributed by atoms with Gasteiger partial charge in [-0.2, -0.15) is 0 Å². The van der Waals surface area contributed by atoms with Gasteiger partial charge in [0, 0.05) is 0 Å². The number of carboxylic acid groups (broad SMARTS) is 1. The van der Waals surface area contributed by atoms with Gasteiger partial charge in [0.05, 0.1) is 17.8 Å². The molecule has 1 aliphatic heterocycles. The number of benzene rings is 2. The third-order valence-electron chi connectivity index (χ3n) is 3.80. The average Bonchev–Trinajstić information content (AvgIpc) is 2.94. The Bertz CT molecular complexity index is 974. The van der Waals surface area contributed by atoms with E-state index in [4.69, 9.17) is 26.2 Å². The Morgan fingerprint density at radius 2 is 1.96 bits per heavy atom. The lowest BCUT2D eigenvalue weighted by Gasteiger charge is -2.12. The first-order chi connectivity index (χ1) is 13.4. The number of ether oxygens (including phenoxy) is 2. The van der Waals surface area contributed by atoms with Crippen molar-refractivity contribution in [3.05, 3.63) is 58.7 Å². The number of carbonyl (C=O) groups is 3. The summed E-state index contributed by atoms with van der Waals surface area (Å²) in [5.41, 5.74) is 0.968. The van der Waals surface area contributed by atoms with E-state index in [1.54, 1.807) is 30.3 Å². The molecule has 2 aromatic rings. The number of carboxylic acids is 1. The van der Waals surface area contributed by atoms with Crippen LogP contribution >= 0.6 is 11.6 Å². The number of nitrogens with one attached hydrogen (secondary N) is 1. The highest BCUT2D eigenvalue weighted by Crippen LogP contribution is 2.37. The van der Waals surface area contributed by atoms with Crippen LogP contribution in [0.25, 0.3) is 6.08 Å². The number of hydrogen-bond donors (Lipinski definition) is 2. The van der Waals surface area contributed by atoms with Gasteiger partial charge in [-0.05, 0) is 35.9 Å². The van der Waals surface area contributed by atoms with Gasteiger partial charge in [0.15, 0.2) is 18.1 Å². The number of rotatable bonds is 6. The van der Waals surface area contributed by atoms with Crippen LogP contribution in [0.1, 0.15) is 5.56 Å². The summed E-state index contributed by atoms with van der Waals surface area (Å²) in [7, 11) is 1.37. The van der Waals surface area contributed by atoms with Crippen LogP contribution in [0.15, 0.2) is 48.2 Å². The topological polar surface area (TPSA) is 105 Å². The molecule has 9 heteroatoms. The first-order valence-corrected chi connectivity index (χ1v) is 8.43. The molecule has 1 aliphatic rings. The van der Waals surface area contributed by atoms with Gasteiger partial charge in [-0.3, -0.25) is 4.79 Å². The van der Waals surface area contributed by atoms with Crippen molar-refractivity contribution in [2.24, 2.45) is 0 Å². The molecule has 0 radical (unpaired) electrons. The number of imide groups is 1. The Labute approximate surface area is 164 Å². The molecule has 0 bridgehead atoms. The number of amides is 3. The molecule has 3 rings (SSSR count). The molecule has 0 atom stereocenters. The van der Waals surface area contributed by atoms with Gasteiger partial charge in [-0.25, -0.2) is 14.5 Å². The molecule has 1 fully saturated rings. The SMILES string of the molecule is COc1cc(/C=C2\NC(=O)N(c3ccccc3)C2=O)cc(Cl)c1OCC(=O)O. The molecule has 0 unspecified atom stereocenters. The van der Waals surface area contributed by atoms with Crippen molar-refractivity contribution >= 4 is 41.3 Å². The Morgan fingerprint density at radius 1 is 1.25 bits per heavy atom. The van der Waals surface area contributed by atoms with Gasteiger partial charge < -0.3 is 19.9 Å². The van der Waals surface area contributed by atoms with E-state index in [-0.39, 0.29) is 22.2 Å². The fourth-order valence-electron chi connectivity index (χ4n) is 2.61. The van der Waals surface area contributed by atoms with Crippen molar-refractivity contribution in [2.75, 3.05) is 18.6 Å². The van der Waals surface area contributed by atoms with Crippen LogP contribution in [0.2, 0.25) is 5.02 Å². The summed E-state index contributed by atoms with van der Waals surface area (Å²) in [6.07, 6.45) is 1.44. The smallest absolute Gasteiger partial charge is 0.341 e. The number of urea groups is 1. The maximum atomic E-state index is 12.6. The molecule has 2 N–H and O–H groups in total. The molecule has 144 valence electrons. The lowest BCUT2D eigenvalue weighted by atomic mass is 10.1. The van der Waals surface area contributed by atoms with Crippen molar-refractivity contribution in [1.82, 2.24) is 5.32 Å². The summed E-state index contributed by atoms with van der Waals surface area (Å²) in [6, 6.07) is 10.9. The number of methoxy groups -OCH3 is 1. The highest BCUT2D eigenvalue weighted by molar-refractivity contribution is 6.32. The summed E-state index contributed by atoms with van der Waals surface area (Å²) in [6.45, 7) is -0.586. The van der Waals surface area contributed by atoms with E-state index < -0.39 is 24.5 Å². The molecule has 1 saturated heterocycles. The first kappa shape index (κ1) is 19.2. The summed E-state index contributed by atoms with van der Waals surface area (Å²) < 4.78 is 10.3. The maximum Gasteiger partial charge on any atom is 0.341 e. The maximum absolute atomic E-state index is 12.6. The Kier molecular flexibility index (Phi) is 5.51. The second-order valence-electron chi connectivity index (χ2n) is 5.68. The van der Waals surface area contributed by atoms with Crippen molar-refractivity contribution in [2.45, 2.75) is 0 Å².